The summed E-state index contributed by atoms with van der Waals surface area (Å²) in [6.07, 6.45) is 8.36. The topological polar surface area (TPSA) is 113 Å². The molecule has 1 aliphatic heterocycles. The molecular weight excluding hydrogens is 396 g/mol. The zero-order valence-electron chi connectivity index (χ0n) is 16.7. The molecular formula is C21H20N8O2. The van der Waals surface area contributed by atoms with E-state index >= 15 is 0 Å². The lowest BCUT2D eigenvalue weighted by molar-refractivity contribution is 0.148. The molecule has 1 N–H and O–H groups in total. The highest BCUT2D eigenvalue weighted by Gasteiger charge is 2.19. The number of rotatable bonds is 3. The van der Waals surface area contributed by atoms with Gasteiger partial charge in [0.15, 0.2) is 5.82 Å². The molecule has 0 aliphatic carbocycles. The highest BCUT2D eigenvalue weighted by Crippen LogP contribution is 2.24. The van der Waals surface area contributed by atoms with Crippen LogP contribution in [0.4, 0.5) is 10.6 Å². The summed E-state index contributed by atoms with van der Waals surface area (Å²) in [5, 5.41) is 14.7. The summed E-state index contributed by atoms with van der Waals surface area (Å²) in [6, 6.07) is 7.74. The molecule has 1 aliphatic rings. The molecule has 0 bridgehead atoms. The molecule has 5 rings (SSSR count). The van der Waals surface area contributed by atoms with Gasteiger partial charge < -0.3 is 14.9 Å². The number of fused-ring (bicyclic) bond motifs is 1. The molecule has 10 nitrogen and oxygen atoms in total. The molecule has 1 saturated heterocycles. The monoisotopic (exact) mass is 416 g/mol. The van der Waals surface area contributed by atoms with E-state index in [-0.39, 0.29) is 0 Å². The smallest absolute Gasteiger partial charge is 0.407 e. The van der Waals surface area contributed by atoms with Gasteiger partial charge in [0.1, 0.15) is 12.1 Å². The lowest BCUT2D eigenvalue weighted by Gasteiger charge is -2.22. The molecule has 1 fully saturated rings. The lowest BCUT2D eigenvalue weighted by Crippen LogP contribution is -2.34. The van der Waals surface area contributed by atoms with Gasteiger partial charge in [-0.15, -0.1) is 0 Å². The zero-order chi connectivity index (χ0) is 21.2. The Bertz CT molecular complexity index is 1230. The fourth-order valence-corrected chi connectivity index (χ4v) is 3.74. The minimum atomic E-state index is -0.875. The highest BCUT2D eigenvalue weighted by molar-refractivity contribution is 5.83. The van der Waals surface area contributed by atoms with E-state index in [9.17, 15) is 9.90 Å². The predicted octanol–water partition coefficient (Wildman–Crippen LogP) is 2.46. The molecule has 0 saturated carbocycles. The average molecular weight is 416 g/mol. The quantitative estimate of drug-likeness (QED) is 0.542. The minimum Gasteiger partial charge on any atom is -0.465 e. The number of amides is 1. The zero-order valence-corrected chi connectivity index (χ0v) is 16.7. The van der Waals surface area contributed by atoms with E-state index in [1.807, 2.05) is 24.3 Å². The van der Waals surface area contributed by atoms with Crippen LogP contribution in [0.15, 0.2) is 55.4 Å². The van der Waals surface area contributed by atoms with Crippen molar-refractivity contribution in [2.24, 2.45) is 0 Å². The second kappa shape index (κ2) is 7.98. The van der Waals surface area contributed by atoms with Crippen molar-refractivity contribution in [2.75, 3.05) is 31.1 Å². The molecule has 0 aromatic carbocycles. The van der Waals surface area contributed by atoms with Crippen molar-refractivity contribution >= 4 is 22.8 Å². The van der Waals surface area contributed by atoms with Gasteiger partial charge in [-0.05, 0) is 24.6 Å². The number of carbonyl (C=O) groups is 1. The summed E-state index contributed by atoms with van der Waals surface area (Å²) in [7, 11) is 0. The Balaban J connectivity index is 1.48. The van der Waals surface area contributed by atoms with Crippen LogP contribution >= 0.6 is 0 Å². The van der Waals surface area contributed by atoms with Gasteiger partial charge in [0, 0.05) is 55.7 Å². The lowest BCUT2D eigenvalue weighted by atomic mass is 10.2. The number of aromatic nitrogens is 6. The third-order valence-electron chi connectivity index (χ3n) is 5.34. The first-order valence-electron chi connectivity index (χ1n) is 9.98. The second-order valence-corrected chi connectivity index (χ2v) is 7.28. The molecule has 0 spiro atoms. The molecule has 156 valence electrons. The Morgan fingerprint density at radius 1 is 0.968 bits per heavy atom. The van der Waals surface area contributed by atoms with Crippen LogP contribution in [0.5, 0.6) is 0 Å². The Kier molecular flexibility index (Phi) is 4.87. The van der Waals surface area contributed by atoms with Gasteiger partial charge in [0.2, 0.25) is 0 Å². The van der Waals surface area contributed by atoms with Gasteiger partial charge in [-0.1, -0.05) is 6.07 Å². The Labute approximate surface area is 177 Å². The van der Waals surface area contributed by atoms with Gasteiger partial charge >= 0.3 is 6.09 Å². The van der Waals surface area contributed by atoms with E-state index in [2.05, 4.69) is 25.0 Å². The summed E-state index contributed by atoms with van der Waals surface area (Å²) < 4.78 is 1.79. The second-order valence-electron chi connectivity index (χ2n) is 7.28. The summed E-state index contributed by atoms with van der Waals surface area (Å²) >= 11 is 0. The highest BCUT2D eigenvalue weighted by atomic mass is 16.4. The molecule has 0 radical (unpaired) electrons. The van der Waals surface area contributed by atoms with Gasteiger partial charge in [0.25, 0.3) is 0 Å². The van der Waals surface area contributed by atoms with Crippen molar-refractivity contribution in [2.45, 2.75) is 6.42 Å². The SMILES string of the molecule is O=C(O)N1CCCN(c2cccc(-n3ncc4cnc(-c5cncnc5)cc43)n2)CC1. The standard InChI is InChI=1S/C21H20N8O2/c30-21(31)28-6-2-5-27(7-8-28)19-3-1-4-20(26-19)29-18-9-17(15-10-22-14-23-11-15)24-12-16(18)13-25-29/h1,3-4,9-14H,2,5-8H2,(H,30,31). The summed E-state index contributed by atoms with van der Waals surface area (Å²) in [5.41, 5.74) is 2.46. The maximum Gasteiger partial charge on any atom is 0.407 e. The van der Waals surface area contributed by atoms with Gasteiger partial charge in [0.05, 0.1) is 17.4 Å². The number of nitrogens with zero attached hydrogens (tertiary/aromatic N) is 8. The number of anilines is 1. The molecule has 5 heterocycles. The number of pyridine rings is 2. The first-order chi connectivity index (χ1) is 15.2. The molecule has 4 aromatic heterocycles. The van der Waals surface area contributed by atoms with Crippen LogP contribution in [0.25, 0.3) is 28.0 Å². The van der Waals surface area contributed by atoms with Crippen LogP contribution in [0.2, 0.25) is 0 Å². The van der Waals surface area contributed by atoms with Crippen molar-refractivity contribution in [3.05, 3.63) is 55.4 Å². The van der Waals surface area contributed by atoms with Crippen molar-refractivity contribution in [1.29, 1.82) is 0 Å². The third-order valence-corrected chi connectivity index (χ3v) is 5.34. The average Bonchev–Trinajstić information content (AvgIpc) is 3.06. The van der Waals surface area contributed by atoms with E-state index < -0.39 is 6.09 Å². The summed E-state index contributed by atoms with van der Waals surface area (Å²) in [5.74, 6) is 1.49. The van der Waals surface area contributed by atoms with Crippen LogP contribution in [0, 0.1) is 0 Å². The van der Waals surface area contributed by atoms with Gasteiger partial charge in [-0.25, -0.2) is 24.4 Å². The molecule has 0 unspecified atom stereocenters. The number of carboxylic acid groups (broad SMARTS) is 1. The Morgan fingerprint density at radius 2 is 1.81 bits per heavy atom. The van der Waals surface area contributed by atoms with Gasteiger partial charge in [-0.2, -0.15) is 5.10 Å². The van der Waals surface area contributed by atoms with E-state index in [0.29, 0.717) is 25.5 Å². The number of hydrogen-bond donors (Lipinski definition) is 1. The van der Waals surface area contributed by atoms with Crippen molar-refractivity contribution < 1.29 is 9.90 Å². The molecule has 31 heavy (non-hydrogen) atoms. The van der Waals surface area contributed by atoms with Crippen molar-refractivity contribution in [1.82, 2.24) is 34.6 Å². The van der Waals surface area contributed by atoms with Crippen molar-refractivity contribution in [3.63, 3.8) is 0 Å². The first-order valence-corrected chi connectivity index (χ1v) is 9.98. The van der Waals surface area contributed by atoms with Crippen molar-refractivity contribution in [3.8, 4) is 17.1 Å². The molecule has 10 heteroatoms. The fraction of sp³-hybridized carbons (Fsp3) is 0.238. The maximum atomic E-state index is 11.3. The van der Waals surface area contributed by atoms with E-state index in [1.54, 1.807) is 29.5 Å². The molecule has 1 amide bonds. The Morgan fingerprint density at radius 3 is 2.65 bits per heavy atom. The Hall–Kier alpha value is -4.08. The van der Waals surface area contributed by atoms with Crippen LogP contribution < -0.4 is 4.90 Å². The van der Waals surface area contributed by atoms with Crippen LogP contribution in [0.1, 0.15) is 6.42 Å². The first kappa shape index (κ1) is 18.9. The summed E-state index contributed by atoms with van der Waals surface area (Å²) in [4.78, 5) is 32.3. The van der Waals surface area contributed by atoms with Crippen LogP contribution in [0.3, 0.4) is 0 Å². The normalized spacial score (nSPS) is 14.6. The third kappa shape index (κ3) is 3.75. The minimum absolute atomic E-state index is 0.458. The number of hydrogen-bond acceptors (Lipinski definition) is 7. The maximum absolute atomic E-state index is 11.3. The van der Waals surface area contributed by atoms with E-state index in [0.717, 1.165) is 40.9 Å². The predicted molar refractivity (Wildman–Crippen MR) is 114 cm³/mol. The largest absolute Gasteiger partial charge is 0.465 e. The van der Waals surface area contributed by atoms with E-state index in [4.69, 9.17) is 4.98 Å². The molecule has 4 aromatic rings. The summed E-state index contributed by atoms with van der Waals surface area (Å²) in [6.45, 7) is 2.35. The van der Waals surface area contributed by atoms with Crippen LogP contribution in [-0.4, -0.2) is 72.0 Å². The fourth-order valence-electron chi connectivity index (χ4n) is 3.74. The van der Waals surface area contributed by atoms with E-state index in [1.165, 1.54) is 11.2 Å². The van der Waals surface area contributed by atoms with Gasteiger partial charge in [-0.3, -0.25) is 4.98 Å². The molecule has 0 atom stereocenters. The van der Waals surface area contributed by atoms with Crippen LogP contribution in [-0.2, 0) is 0 Å².